The minimum absolute atomic E-state index is 0.437. The van der Waals surface area contributed by atoms with Crippen LogP contribution in [-0.2, 0) is 18.0 Å². The van der Waals surface area contributed by atoms with Crippen LogP contribution in [0.15, 0.2) is 28.9 Å². The van der Waals surface area contributed by atoms with Crippen molar-refractivity contribution in [3.05, 3.63) is 34.4 Å². The number of fused-ring (bicyclic) bond motifs is 1. The largest absolute Gasteiger partial charge is 0.347 e. The van der Waals surface area contributed by atoms with Gasteiger partial charge in [-0.25, -0.2) is 5.90 Å². The summed E-state index contributed by atoms with van der Waals surface area (Å²) < 4.78 is 3.27. The number of hydrogen-bond donors (Lipinski definition) is 1. The molecule has 0 atom stereocenters. The molecule has 0 radical (unpaired) electrons. The van der Waals surface area contributed by atoms with E-state index in [-0.39, 0.29) is 0 Å². The van der Waals surface area contributed by atoms with E-state index in [1.54, 1.807) is 0 Å². The minimum Gasteiger partial charge on any atom is -0.347 e. The maximum Gasteiger partial charge on any atom is 0.0951 e. The van der Waals surface area contributed by atoms with E-state index in [1.807, 2.05) is 12.1 Å². The van der Waals surface area contributed by atoms with Crippen LogP contribution in [0.2, 0.25) is 0 Å². The third-order valence-electron chi connectivity index (χ3n) is 2.51. The van der Waals surface area contributed by atoms with Gasteiger partial charge in [0.15, 0.2) is 0 Å². The third-order valence-corrected chi connectivity index (χ3v) is 3.17. The highest BCUT2D eigenvalue weighted by Crippen LogP contribution is 2.29. The maximum absolute atomic E-state index is 5.13. The quantitative estimate of drug-likeness (QED) is 0.870. The van der Waals surface area contributed by atoms with E-state index >= 15 is 0 Å². The lowest BCUT2D eigenvalue weighted by Crippen LogP contribution is -1.98. The van der Waals surface area contributed by atoms with E-state index in [1.165, 1.54) is 10.9 Å². The summed E-state index contributed by atoms with van der Waals surface area (Å²) in [6, 6.07) is 6.16. The summed E-state index contributed by atoms with van der Waals surface area (Å²) in [6.45, 7) is 3.50. The van der Waals surface area contributed by atoms with Crippen LogP contribution in [0, 0.1) is 0 Å². The zero-order valence-corrected chi connectivity index (χ0v) is 10.1. The Bertz CT molecular complexity index is 479. The van der Waals surface area contributed by atoms with Gasteiger partial charge in [-0.15, -0.1) is 0 Å². The van der Waals surface area contributed by atoms with Crippen molar-refractivity contribution in [2.75, 3.05) is 0 Å². The lowest BCUT2D eigenvalue weighted by atomic mass is 10.2. The first-order chi connectivity index (χ1) is 7.27. The molecule has 0 aliphatic heterocycles. The van der Waals surface area contributed by atoms with E-state index < -0.39 is 0 Å². The molecule has 1 aromatic heterocycles. The molecule has 0 bridgehead atoms. The number of hydrogen-bond acceptors (Lipinski definition) is 2. The average Bonchev–Trinajstić information content (AvgIpc) is 2.59. The lowest BCUT2D eigenvalue weighted by Gasteiger charge is -2.00. The van der Waals surface area contributed by atoms with Gasteiger partial charge in [0.05, 0.1) is 6.61 Å². The molecule has 2 aromatic rings. The highest BCUT2D eigenvalue weighted by atomic mass is 79.9. The molecule has 15 heavy (non-hydrogen) atoms. The van der Waals surface area contributed by atoms with E-state index in [0.717, 1.165) is 16.6 Å². The molecule has 2 N–H and O–H groups in total. The normalized spacial score (nSPS) is 11.1. The Labute approximate surface area is 96.9 Å². The monoisotopic (exact) mass is 268 g/mol. The average molecular weight is 269 g/mol. The number of benzene rings is 1. The van der Waals surface area contributed by atoms with Crippen LogP contribution in [0.5, 0.6) is 0 Å². The van der Waals surface area contributed by atoms with Gasteiger partial charge in [0.25, 0.3) is 0 Å². The first-order valence-corrected chi connectivity index (χ1v) is 5.65. The Morgan fingerprint density at radius 2 is 2.27 bits per heavy atom. The molecule has 3 nitrogen and oxygen atoms in total. The molecule has 0 fully saturated rings. The van der Waals surface area contributed by atoms with Gasteiger partial charge in [0.2, 0.25) is 0 Å². The predicted octanol–water partition coefficient (Wildman–Crippen LogP) is 2.81. The summed E-state index contributed by atoms with van der Waals surface area (Å²) in [5.41, 5.74) is 2.32. The topological polar surface area (TPSA) is 40.2 Å². The summed E-state index contributed by atoms with van der Waals surface area (Å²) in [6.07, 6.45) is 2.09. The van der Waals surface area contributed by atoms with Gasteiger partial charge in [0, 0.05) is 33.7 Å². The number of rotatable bonds is 3. The Balaban J connectivity index is 2.70. The molecule has 0 amide bonds. The Hall–Kier alpha value is -0.840. The van der Waals surface area contributed by atoms with Crippen molar-refractivity contribution in [3.8, 4) is 0 Å². The Kier molecular flexibility index (Phi) is 3.09. The first kappa shape index (κ1) is 10.7. The molecule has 1 aromatic carbocycles. The SMILES string of the molecule is CCn1cc(CON)c2c(Br)cccc21. The van der Waals surface area contributed by atoms with Crippen LogP contribution in [0.4, 0.5) is 0 Å². The van der Waals surface area contributed by atoms with Crippen LogP contribution >= 0.6 is 15.9 Å². The zero-order chi connectivity index (χ0) is 10.8. The maximum atomic E-state index is 5.13. The molecule has 0 aliphatic rings. The molecule has 4 heteroatoms. The van der Waals surface area contributed by atoms with Gasteiger partial charge < -0.3 is 4.57 Å². The number of nitrogens with zero attached hydrogens (tertiary/aromatic N) is 1. The summed E-state index contributed by atoms with van der Waals surface area (Å²) in [5, 5.41) is 1.18. The fraction of sp³-hybridized carbons (Fsp3) is 0.273. The summed E-state index contributed by atoms with van der Waals surface area (Å²) >= 11 is 3.55. The van der Waals surface area contributed by atoms with Crippen LogP contribution in [0.1, 0.15) is 12.5 Å². The van der Waals surface area contributed by atoms with Crippen molar-refractivity contribution in [2.45, 2.75) is 20.1 Å². The van der Waals surface area contributed by atoms with E-state index in [4.69, 9.17) is 10.7 Å². The molecule has 2 rings (SSSR count). The smallest absolute Gasteiger partial charge is 0.0951 e. The highest BCUT2D eigenvalue weighted by molar-refractivity contribution is 9.10. The van der Waals surface area contributed by atoms with Gasteiger partial charge in [-0.05, 0) is 19.1 Å². The molecular weight excluding hydrogens is 256 g/mol. The van der Waals surface area contributed by atoms with Crippen molar-refractivity contribution in [3.63, 3.8) is 0 Å². The first-order valence-electron chi connectivity index (χ1n) is 4.85. The highest BCUT2D eigenvalue weighted by Gasteiger charge is 2.09. The number of halogens is 1. The molecule has 0 unspecified atom stereocenters. The Morgan fingerprint density at radius 3 is 2.93 bits per heavy atom. The molecular formula is C11H13BrN2O. The van der Waals surface area contributed by atoms with Crippen molar-refractivity contribution < 1.29 is 4.84 Å². The number of aryl methyl sites for hydroxylation is 1. The fourth-order valence-corrected chi connectivity index (χ4v) is 2.46. The van der Waals surface area contributed by atoms with Crippen LogP contribution in [0.3, 0.4) is 0 Å². The summed E-state index contributed by atoms with van der Waals surface area (Å²) in [7, 11) is 0. The lowest BCUT2D eigenvalue weighted by molar-refractivity contribution is 0.125. The molecule has 1 heterocycles. The van der Waals surface area contributed by atoms with Gasteiger partial charge >= 0.3 is 0 Å². The van der Waals surface area contributed by atoms with Gasteiger partial charge in [-0.2, -0.15) is 0 Å². The van der Waals surface area contributed by atoms with Crippen molar-refractivity contribution >= 4 is 26.8 Å². The van der Waals surface area contributed by atoms with Crippen LogP contribution in [0.25, 0.3) is 10.9 Å². The van der Waals surface area contributed by atoms with E-state index in [0.29, 0.717) is 6.61 Å². The van der Waals surface area contributed by atoms with Crippen LogP contribution < -0.4 is 5.90 Å². The van der Waals surface area contributed by atoms with Gasteiger partial charge in [0.1, 0.15) is 0 Å². The third kappa shape index (κ3) is 1.80. The van der Waals surface area contributed by atoms with Gasteiger partial charge in [-0.1, -0.05) is 22.0 Å². The van der Waals surface area contributed by atoms with Crippen LogP contribution in [-0.4, -0.2) is 4.57 Å². The predicted molar refractivity (Wildman–Crippen MR) is 64.3 cm³/mol. The molecule has 0 spiro atoms. The van der Waals surface area contributed by atoms with E-state index in [9.17, 15) is 0 Å². The molecule has 0 aliphatic carbocycles. The van der Waals surface area contributed by atoms with Crippen molar-refractivity contribution in [1.29, 1.82) is 0 Å². The molecule has 0 saturated carbocycles. The fourth-order valence-electron chi connectivity index (χ4n) is 1.85. The zero-order valence-electron chi connectivity index (χ0n) is 8.53. The number of aromatic nitrogens is 1. The molecule has 0 saturated heterocycles. The van der Waals surface area contributed by atoms with Crippen molar-refractivity contribution in [2.24, 2.45) is 5.90 Å². The second-order valence-corrected chi connectivity index (χ2v) is 4.24. The summed E-state index contributed by atoms with van der Waals surface area (Å²) in [5.74, 6) is 5.13. The van der Waals surface area contributed by atoms with E-state index in [2.05, 4.69) is 39.7 Å². The minimum atomic E-state index is 0.437. The summed E-state index contributed by atoms with van der Waals surface area (Å²) in [4.78, 5) is 4.71. The van der Waals surface area contributed by atoms with Gasteiger partial charge in [-0.3, -0.25) is 4.84 Å². The molecule has 80 valence electrons. The standard InChI is InChI=1S/C11H13BrN2O/c1-2-14-6-8(7-15-13)11-9(12)4-3-5-10(11)14/h3-6H,2,7,13H2,1H3. The van der Waals surface area contributed by atoms with Crippen molar-refractivity contribution in [1.82, 2.24) is 4.57 Å². The second kappa shape index (κ2) is 4.35. The number of nitrogens with two attached hydrogens (primary N) is 1. The second-order valence-electron chi connectivity index (χ2n) is 3.39. The Morgan fingerprint density at radius 1 is 1.47 bits per heavy atom.